The van der Waals surface area contributed by atoms with Gasteiger partial charge in [-0.1, -0.05) is 187 Å². The first-order valence-corrected chi connectivity index (χ1v) is 21.5. The molecule has 0 radical (unpaired) electrons. The van der Waals surface area contributed by atoms with Crippen LogP contribution in [0.5, 0.6) is 5.75 Å². The number of fused-ring (bicyclic) bond motifs is 3. The van der Waals surface area contributed by atoms with Gasteiger partial charge in [0.2, 0.25) is 0 Å². The van der Waals surface area contributed by atoms with Crippen molar-refractivity contribution in [1.29, 1.82) is 0 Å². The van der Waals surface area contributed by atoms with E-state index in [1.165, 1.54) is 0 Å². The van der Waals surface area contributed by atoms with E-state index in [1.54, 1.807) is 0 Å². The second-order valence-electron chi connectivity index (χ2n) is 18.4. The summed E-state index contributed by atoms with van der Waals surface area (Å²) >= 11 is 0. The number of aromatic nitrogens is 3. The van der Waals surface area contributed by atoms with Gasteiger partial charge in [-0.25, -0.2) is 4.98 Å². The molecule has 62 heavy (non-hydrogen) atoms. The lowest BCUT2D eigenvalue weighted by atomic mass is 9.79. The monoisotopic (exact) mass is 803 g/mol. The predicted molar refractivity (Wildman–Crippen MR) is 260 cm³/mol. The zero-order valence-corrected chi connectivity index (χ0v) is 36.1. The summed E-state index contributed by atoms with van der Waals surface area (Å²) in [6, 6.07) is 62.3. The molecule has 0 fully saturated rings. The highest BCUT2D eigenvalue weighted by Crippen LogP contribution is 2.47. The minimum Gasteiger partial charge on any atom is -0.507 e. The molecule has 4 heteroatoms. The molecule has 2 heterocycles. The fraction of sp³-hybridized carbons (Fsp3) is 0.138. The zero-order valence-electron chi connectivity index (χ0n) is 36.1. The molecule has 10 aromatic rings. The molecule has 0 saturated carbocycles. The standard InChI is InChI=1S/C58H49N3O/c1-57(2,3)42-35-49(55(62)50(36-42)58(4,5)6)56-60-53-45(41-33-40-24-14-15-25-43(40)48(34-41)52-44-26-16-13-23-39(44)31-32-59-52)27-18-30-51(53)61(56)54-46(37-19-9-7-10-20-37)28-17-29-47(54)38-21-11-8-12-22-38/h7-36,62H,1-6H3. The van der Waals surface area contributed by atoms with Crippen LogP contribution in [0.25, 0.3) is 94.3 Å². The zero-order chi connectivity index (χ0) is 42.8. The minimum absolute atomic E-state index is 0.196. The second-order valence-corrected chi connectivity index (χ2v) is 18.4. The van der Waals surface area contributed by atoms with Gasteiger partial charge in [-0.3, -0.25) is 9.55 Å². The lowest BCUT2D eigenvalue weighted by Gasteiger charge is -2.28. The Hall–Kier alpha value is -7.30. The molecule has 0 bridgehead atoms. The average Bonchev–Trinajstić information content (AvgIpc) is 3.67. The van der Waals surface area contributed by atoms with Crippen molar-refractivity contribution in [2.24, 2.45) is 0 Å². The Kier molecular flexibility index (Phi) is 9.41. The molecule has 8 aromatic carbocycles. The van der Waals surface area contributed by atoms with Crippen LogP contribution in [-0.2, 0) is 10.8 Å². The number of hydrogen-bond acceptors (Lipinski definition) is 3. The first kappa shape index (κ1) is 38.9. The number of phenols is 1. The van der Waals surface area contributed by atoms with Gasteiger partial charge in [0, 0.05) is 39.4 Å². The van der Waals surface area contributed by atoms with Crippen LogP contribution in [0.2, 0.25) is 0 Å². The van der Waals surface area contributed by atoms with E-state index in [2.05, 4.69) is 222 Å². The topological polar surface area (TPSA) is 50.9 Å². The number of hydrogen-bond donors (Lipinski definition) is 1. The Morgan fingerprint density at radius 3 is 1.73 bits per heavy atom. The smallest absolute Gasteiger partial charge is 0.149 e. The molecule has 4 nitrogen and oxygen atoms in total. The maximum Gasteiger partial charge on any atom is 0.149 e. The van der Waals surface area contributed by atoms with Crippen molar-refractivity contribution in [3.05, 3.63) is 193 Å². The summed E-state index contributed by atoms with van der Waals surface area (Å²) in [6.45, 7) is 13.2. The lowest BCUT2D eigenvalue weighted by Crippen LogP contribution is -2.17. The van der Waals surface area contributed by atoms with Crippen LogP contribution in [0.1, 0.15) is 52.7 Å². The Bertz CT molecular complexity index is 3250. The molecule has 10 rings (SSSR count). The van der Waals surface area contributed by atoms with E-state index in [4.69, 9.17) is 9.97 Å². The van der Waals surface area contributed by atoms with E-state index >= 15 is 0 Å². The van der Waals surface area contributed by atoms with Crippen molar-refractivity contribution in [2.75, 3.05) is 0 Å². The molecule has 0 atom stereocenters. The normalized spacial score (nSPS) is 12.1. The molecule has 0 aliphatic carbocycles. The summed E-state index contributed by atoms with van der Waals surface area (Å²) in [4.78, 5) is 10.7. The third-order valence-corrected chi connectivity index (χ3v) is 12.2. The van der Waals surface area contributed by atoms with Gasteiger partial charge in [-0.15, -0.1) is 0 Å². The van der Waals surface area contributed by atoms with E-state index < -0.39 is 0 Å². The summed E-state index contributed by atoms with van der Waals surface area (Å²) in [5.41, 5.74) is 13.3. The number of nitrogens with zero attached hydrogens (tertiary/aromatic N) is 3. The second kappa shape index (κ2) is 15.0. The van der Waals surface area contributed by atoms with E-state index in [1.807, 2.05) is 6.20 Å². The van der Waals surface area contributed by atoms with Gasteiger partial charge in [-0.2, -0.15) is 0 Å². The molecule has 2 aromatic heterocycles. The van der Waals surface area contributed by atoms with Gasteiger partial charge in [0.25, 0.3) is 0 Å². The SMILES string of the molecule is CC(C)(C)c1cc(-c2nc3c(-c4cc(-c5nccc6ccccc56)c5ccccc5c4)cccc3n2-c2c(-c3ccccc3)cccc2-c2ccccc2)c(O)c(C(C)(C)C)c1. The third kappa shape index (κ3) is 6.73. The van der Waals surface area contributed by atoms with Crippen LogP contribution in [0.3, 0.4) is 0 Å². The van der Waals surface area contributed by atoms with Gasteiger partial charge in [0.05, 0.1) is 28.0 Å². The summed E-state index contributed by atoms with van der Waals surface area (Å²) in [5.74, 6) is 0.927. The Morgan fingerprint density at radius 2 is 1.06 bits per heavy atom. The molecule has 1 N–H and O–H groups in total. The molecular weight excluding hydrogens is 755 g/mol. The van der Waals surface area contributed by atoms with Crippen LogP contribution in [0.15, 0.2) is 182 Å². The summed E-state index contributed by atoms with van der Waals surface area (Å²) in [6.07, 6.45) is 1.91. The van der Waals surface area contributed by atoms with E-state index in [0.29, 0.717) is 11.4 Å². The summed E-state index contributed by atoms with van der Waals surface area (Å²) in [7, 11) is 0. The minimum atomic E-state index is -0.337. The number of pyridine rings is 1. The molecule has 0 aliphatic heterocycles. The van der Waals surface area contributed by atoms with Crippen molar-refractivity contribution in [2.45, 2.75) is 52.4 Å². The van der Waals surface area contributed by atoms with Crippen molar-refractivity contribution >= 4 is 32.6 Å². The van der Waals surface area contributed by atoms with E-state index in [-0.39, 0.29) is 16.6 Å². The number of rotatable bonds is 6. The first-order chi connectivity index (χ1) is 30.0. The van der Waals surface area contributed by atoms with Crippen molar-refractivity contribution < 1.29 is 5.11 Å². The van der Waals surface area contributed by atoms with E-state index in [0.717, 1.165) is 94.0 Å². The highest BCUT2D eigenvalue weighted by atomic mass is 16.3. The van der Waals surface area contributed by atoms with Gasteiger partial charge in [0.1, 0.15) is 11.6 Å². The number of imidazole rings is 1. The number of benzene rings is 8. The fourth-order valence-corrected chi connectivity index (χ4v) is 9.03. The van der Waals surface area contributed by atoms with Crippen molar-refractivity contribution in [3.63, 3.8) is 0 Å². The first-order valence-electron chi connectivity index (χ1n) is 21.5. The molecule has 0 spiro atoms. The maximum absolute atomic E-state index is 12.6. The third-order valence-electron chi connectivity index (χ3n) is 12.2. The molecule has 302 valence electrons. The van der Waals surface area contributed by atoms with Crippen LogP contribution < -0.4 is 0 Å². The highest BCUT2D eigenvalue weighted by Gasteiger charge is 2.30. The quantitative estimate of drug-likeness (QED) is 0.182. The Balaban J connectivity index is 1.35. The lowest BCUT2D eigenvalue weighted by molar-refractivity contribution is 0.446. The Morgan fingerprint density at radius 1 is 0.468 bits per heavy atom. The van der Waals surface area contributed by atoms with Gasteiger partial charge >= 0.3 is 0 Å². The van der Waals surface area contributed by atoms with Gasteiger partial charge < -0.3 is 5.11 Å². The van der Waals surface area contributed by atoms with Crippen LogP contribution in [-0.4, -0.2) is 19.6 Å². The largest absolute Gasteiger partial charge is 0.507 e. The maximum atomic E-state index is 12.6. The number of aromatic hydroxyl groups is 1. The van der Waals surface area contributed by atoms with Crippen LogP contribution >= 0.6 is 0 Å². The van der Waals surface area contributed by atoms with Crippen LogP contribution in [0, 0.1) is 0 Å². The number of para-hydroxylation sites is 2. The predicted octanol–water partition coefficient (Wildman–Crippen LogP) is 15.4. The average molecular weight is 804 g/mol. The van der Waals surface area contributed by atoms with Gasteiger partial charge in [0.15, 0.2) is 0 Å². The molecule has 0 unspecified atom stereocenters. The molecule has 0 aliphatic rings. The molecular formula is C58H49N3O. The van der Waals surface area contributed by atoms with E-state index in [9.17, 15) is 5.11 Å². The molecule has 0 saturated heterocycles. The van der Waals surface area contributed by atoms with Crippen LogP contribution in [0.4, 0.5) is 0 Å². The fourth-order valence-electron chi connectivity index (χ4n) is 9.03. The van der Waals surface area contributed by atoms with Crippen molar-refractivity contribution in [1.82, 2.24) is 14.5 Å². The summed E-state index contributed by atoms with van der Waals surface area (Å²) in [5, 5.41) is 17.2. The number of phenolic OH excluding ortho intramolecular Hbond substituents is 1. The summed E-state index contributed by atoms with van der Waals surface area (Å²) < 4.78 is 2.31. The Labute approximate surface area is 363 Å². The molecule has 0 amide bonds. The van der Waals surface area contributed by atoms with Crippen molar-refractivity contribution in [3.8, 4) is 67.5 Å². The highest BCUT2D eigenvalue weighted by molar-refractivity contribution is 6.08. The van der Waals surface area contributed by atoms with Gasteiger partial charge in [-0.05, 0) is 79.6 Å².